The Morgan fingerprint density at radius 2 is 2.00 bits per heavy atom. The molecule has 23 heavy (non-hydrogen) atoms. The highest BCUT2D eigenvalue weighted by Gasteiger charge is 2.13. The van der Waals surface area contributed by atoms with Crippen LogP contribution >= 0.6 is 0 Å². The number of nitrogens with one attached hydrogen (secondary N) is 1. The van der Waals surface area contributed by atoms with E-state index in [2.05, 4.69) is 31.5 Å². The molecular formula is C16H24N3O4+. The fourth-order valence-corrected chi connectivity index (χ4v) is 1.92. The number of carbonyl (C=O) groups excluding carboxylic acids is 1. The van der Waals surface area contributed by atoms with Gasteiger partial charge in [-0.3, -0.25) is 14.6 Å². The predicted molar refractivity (Wildman–Crippen MR) is 87.5 cm³/mol. The number of aliphatic carboxylic acids is 1. The molecule has 1 aromatic carbocycles. The molecule has 0 unspecified atom stereocenters. The summed E-state index contributed by atoms with van der Waals surface area (Å²) in [7, 11) is 6.19. The van der Waals surface area contributed by atoms with E-state index in [0.29, 0.717) is 5.56 Å². The minimum absolute atomic E-state index is 0.0806. The summed E-state index contributed by atoms with van der Waals surface area (Å²) in [4.78, 5) is 26.1. The smallest absolute Gasteiger partial charge is 0.322 e. The molecule has 0 saturated heterocycles. The van der Waals surface area contributed by atoms with Crippen molar-refractivity contribution in [2.45, 2.75) is 19.5 Å². The van der Waals surface area contributed by atoms with Gasteiger partial charge in [0.05, 0.1) is 21.1 Å². The molecule has 0 fully saturated rings. The SMILES string of the molecule is C[C@H](N=Cc1cc(C[N+](C)(C)C)ccc1O)C(=O)NCC(=O)O. The summed E-state index contributed by atoms with van der Waals surface area (Å²) in [6.07, 6.45) is 1.43. The van der Waals surface area contributed by atoms with Gasteiger partial charge in [0.1, 0.15) is 24.9 Å². The molecule has 1 aromatic rings. The third-order valence-electron chi connectivity index (χ3n) is 2.98. The summed E-state index contributed by atoms with van der Waals surface area (Å²) in [5.74, 6) is -1.51. The summed E-state index contributed by atoms with van der Waals surface area (Å²) in [6.45, 7) is 1.90. The van der Waals surface area contributed by atoms with Crippen LogP contribution in [0.3, 0.4) is 0 Å². The molecule has 0 spiro atoms. The molecule has 1 atom stereocenters. The number of benzene rings is 1. The molecule has 0 heterocycles. The average molecular weight is 322 g/mol. The first-order chi connectivity index (χ1) is 10.6. The van der Waals surface area contributed by atoms with Gasteiger partial charge in [0.15, 0.2) is 0 Å². The number of aliphatic imine (C=N–C) groups is 1. The van der Waals surface area contributed by atoms with Gasteiger partial charge in [-0.1, -0.05) is 0 Å². The van der Waals surface area contributed by atoms with Crippen molar-refractivity contribution in [3.05, 3.63) is 29.3 Å². The van der Waals surface area contributed by atoms with Gasteiger partial charge < -0.3 is 20.0 Å². The normalized spacial score (nSPS) is 13.0. The molecular weight excluding hydrogens is 298 g/mol. The van der Waals surface area contributed by atoms with E-state index < -0.39 is 24.5 Å². The first-order valence-electron chi connectivity index (χ1n) is 7.23. The largest absolute Gasteiger partial charge is 0.507 e. The lowest BCUT2D eigenvalue weighted by atomic mass is 10.1. The predicted octanol–water partition coefficient (Wildman–Crippen LogP) is 0.607. The summed E-state index contributed by atoms with van der Waals surface area (Å²) in [5.41, 5.74) is 1.56. The van der Waals surface area contributed by atoms with Crippen molar-refractivity contribution >= 4 is 18.1 Å². The Balaban J connectivity index is 2.80. The zero-order chi connectivity index (χ0) is 17.6. The van der Waals surface area contributed by atoms with Crippen LogP contribution in [-0.4, -0.2) is 66.5 Å². The number of amides is 1. The van der Waals surface area contributed by atoms with Crippen molar-refractivity contribution in [2.24, 2.45) is 4.99 Å². The maximum absolute atomic E-state index is 11.7. The molecule has 0 aliphatic rings. The van der Waals surface area contributed by atoms with Crippen molar-refractivity contribution in [2.75, 3.05) is 27.7 Å². The van der Waals surface area contributed by atoms with Crippen molar-refractivity contribution in [3.63, 3.8) is 0 Å². The third-order valence-corrected chi connectivity index (χ3v) is 2.98. The quantitative estimate of drug-likeness (QED) is 0.506. The Morgan fingerprint density at radius 1 is 1.35 bits per heavy atom. The topological polar surface area (TPSA) is 99.0 Å². The molecule has 0 aromatic heterocycles. The summed E-state index contributed by atoms with van der Waals surface area (Å²) in [6, 6.07) is 4.53. The second-order valence-corrected chi connectivity index (χ2v) is 6.41. The molecule has 0 radical (unpaired) electrons. The zero-order valence-electron chi connectivity index (χ0n) is 13.9. The molecule has 7 nitrogen and oxygen atoms in total. The number of phenolic OH excluding ortho intramolecular Hbond substituents is 1. The number of hydrogen-bond acceptors (Lipinski definition) is 4. The maximum atomic E-state index is 11.7. The first kappa shape index (κ1) is 18.6. The summed E-state index contributed by atoms with van der Waals surface area (Å²) in [5, 5.41) is 20.7. The van der Waals surface area contributed by atoms with Gasteiger partial charge in [0.2, 0.25) is 5.91 Å². The van der Waals surface area contributed by atoms with Gasteiger partial charge >= 0.3 is 5.97 Å². The number of carboxylic acid groups (broad SMARTS) is 1. The minimum atomic E-state index is -1.11. The highest BCUT2D eigenvalue weighted by molar-refractivity contribution is 5.89. The second-order valence-electron chi connectivity index (χ2n) is 6.41. The molecule has 1 amide bonds. The average Bonchev–Trinajstić information content (AvgIpc) is 2.43. The number of aromatic hydroxyl groups is 1. The monoisotopic (exact) mass is 322 g/mol. The molecule has 0 aliphatic carbocycles. The van der Waals surface area contributed by atoms with E-state index in [9.17, 15) is 14.7 Å². The Labute approximate surface area is 135 Å². The van der Waals surface area contributed by atoms with Crippen LogP contribution in [0.15, 0.2) is 23.2 Å². The lowest BCUT2D eigenvalue weighted by Gasteiger charge is -2.24. The maximum Gasteiger partial charge on any atom is 0.322 e. The molecule has 3 N–H and O–H groups in total. The molecule has 1 rings (SSSR count). The molecule has 7 heteroatoms. The van der Waals surface area contributed by atoms with E-state index >= 15 is 0 Å². The fraction of sp³-hybridized carbons (Fsp3) is 0.438. The van der Waals surface area contributed by atoms with E-state index in [1.54, 1.807) is 13.0 Å². The van der Waals surface area contributed by atoms with Crippen LogP contribution in [0.2, 0.25) is 0 Å². The number of hydrogen-bond donors (Lipinski definition) is 3. The van der Waals surface area contributed by atoms with Crippen LogP contribution in [-0.2, 0) is 16.1 Å². The Kier molecular flexibility index (Phi) is 6.27. The highest BCUT2D eigenvalue weighted by atomic mass is 16.4. The summed E-state index contributed by atoms with van der Waals surface area (Å²) >= 11 is 0. The number of quaternary nitrogens is 1. The van der Waals surface area contributed by atoms with E-state index in [1.165, 1.54) is 6.21 Å². The Hall–Kier alpha value is -2.41. The number of nitrogens with zero attached hydrogens (tertiary/aromatic N) is 2. The van der Waals surface area contributed by atoms with Crippen molar-refractivity contribution in [3.8, 4) is 5.75 Å². The molecule has 0 bridgehead atoms. The van der Waals surface area contributed by atoms with Gasteiger partial charge in [0, 0.05) is 17.3 Å². The minimum Gasteiger partial charge on any atom is -0.507 e. The van der Waals surface area contributed by atoms with Gasteiger partial charge in [-0.15, -0.1) is 0 Å². The standard InChI is InChI=1S/C16H23N3O4/c1-11(16(23)18-9-15(21)22)17-8-13-7-12(5-6-14(13)20)10-19(2,3)4/h5-8,11H,9-10H2,1-4H3,(H2-,17,18,20,21,22,23)/p+1/t11-/m0/s1. The van der Waals surface area contributed by atoms with Crippen molar-refractivity contribution < 1.29 is 24.3 Å². The zero-order valence-corrected chi connectivity index (χ0v) is 13.9. The van der Waals surface area contributed by atoms with Gasteiger partial charge in [-0.2, -0.15) is 0 Å². The second kappa shape index (κ2) is 7.73. The van der Waals surface area contributed by atoms with Crippen molar-refractivity contribution in [1.29, 1.82) is 0 Å². The lowest BCUT2D eigenvalue weighted by Crippen LogP contribution is -2.35. The fourth-order valence-electron chi connectivity index (χ4n) is 1.92. The van der Waals surface area contributed by atoms with Crippen LogP contribution in [0.4, 0.5) is 0 Å². The van der Waals surface area contributed by atoms with Crippen LogP contribution in [0.1, 0.15) is 18.1 Å². The lowest BCUT2D eigenvalue weighted by molar-refractivity contribution is -0.884. The Bertz CT molecular complexity index is 606. The van der Waals surface area contributed by atoms with E-state index in [0.717, 1.165) is 16.6 Å². The third kappa shape index (κ3) is 6.92. The van der Waals surface area contributed by atoms with Crippen LogP contribution < -0.4 is 5.32 Å². The van der Waals surface area contributed by atoms with Crippen LogP contribution in [0.5, 0.6) is 5.75 Å². The number of carboxylic acids is 1. The summed E-state index contributed by atoms with van der Waals surface area (Å²) < 4.78 is 0.745. The van der Waals surface area contributed by atoms with Crippen molar-refractivity contribution in [1.82, 2.24) is 5.32 Å². The number of phenols is 1. The molecule has 0 aliphatic heterocycles. The van der Waals surface area contributed by atoms with Crippen LogP contribution in [0.25, 0.3) is 0 Å². The number of carbonyl (C=O) groups is 2. The van der Waals surface area contributed by atoms with E-state index in [-0.39, 0.29) is 5.75 Å². The van der Waals surface area contributed by atoms with Gasteiger partial charge in [-0.25, -0.2) is 0 Å². The number of rotatable bonds is 7. The van der Waals surface area contributed by atoms with Gasteiger partial charge in [-0.05, 0) is 25.1 Å². The molecule has 126 valence electrons. The van der Waals surface area contributed by atoms with E-state index in [4.69, 9.17) is 5.11 Å². The molecule has 0 saturated carbocycles. The highest BCUT2D eigenvalue weighted by Crippen LogP contribution is 2.18. The Morgan fingerprint density at radius 3 is 2.57 bits per heavy atom. The van der Waals surface area contributed by atoms with E-state index in [1.807, 2.05) is 12.1 Å². The van der Waals surface area contributed by atoms with Gasteiger partial charge in [0.25, 0.3) is 0 Å². The first-order valence-corrected chi connectivity index (χ1v) is 7.23. The van der Waals surface area contributed by atoms with Crippen LogP contribution in [0, 0.1) is 0 Å².